The number of amides is 3. The smallest absolute Gasteiger partial charge is 0.306 e. The molecule has 0 saturated carbocycles. The van der Waals surface area contributed by atoms with E-state index < -0.39 is 24.4 Å². The third kappa shape index (κ3) is 7.43. The lowest BCUT2D eigenvalue weighted by atomic mass is 10.2. The average Bonchev–Trinajstić information content (AvgIpc) is 3.21. The monoisotopic (exact) mass is 373 g/mol. The number of carbonyl (C=O) groups excluding carboxylic acids is 4. The number of esters is 1. The van der Waals surface area contributed by atoms with Crippen LogP contribution in [0.4, 0.5) is 0 Å². The zero-order chi connectivity index (χ0) is 19.5. The van der Waals surface area contributed by atoms with E-state index in [4.69, 9.17) is 9.15 Å². The lowest BCUT2D eigenvalue weighted by molar-refractivity contribution is -0.149. The van der Waals surface area contributed by atoms with Crippen LogP contribution in [-0.4, -0.2) is 30.3 Å². The molecule has 0 unspecified atom stereocenters. The van der Waals surface area contributed by atoms with Crippen LogP contribution in [0.1, 0.15) is 29.0 Å². The molecule has 0 saturated heterocycles. The molecule has 0 aliphatic heterocycles. The minimum absolute atomic E-state index is 0.0775. The second kappa shape index (κ2) is 10.4. The van der Waals surface area contributed by atoms with E-state index in [9.17, 15) is 19.2 Å². The summed E-state index contributed by atoms with van der Waals surface area (Å²) in [5, 5.41) is 2.59. The van der Waals surface area contributed by atoms with E-state index >= 15 is 0 Å². The summed E-state index contributed by atoms with van der Waals surface area (Å²) in [6, 6.07) is 11.7. The van der Waals surface area contributed by atoms with Crippen LogP contribution in [0.3, 0.4) is 0 Å². The molecule has 0 spiro atoms. The van der Waals surface area contributed by atoms with E-state index in [2.05, 4.69) is 16.2 Å². The molecule has 0 fully saturated rings. The van der Waals surface area contributed by atoms with Gasteiger partial charge in [0.15, 0.2) is 6.61 Å². The molecule has 2 rings (SSSR count). The summed E-state index contributed by atoms with van der Waals surface area (Å²) >= 11 is 0. The molecular formula is C18H19N3O6. The van der Waals surface area contributed by atoms with Gasteiger partial charge in [-0.3, -0.25) is 30.0 Å². The van der Waals surface area contributed by atoms with E-state index in [1.165, 1.54) is 6.26 Å². The Morgan fingerprint density at radius 3 is 2.37 bits per heavy atom. The number of furan rings is 1. The van der Waals surface area contributed by atoms with Crippen molar-refractivity contribution < 1.29 is 28.3 Å². The number of hydrogen-bond acceptors (Lipinski definition) is 6. The number of carbonyl (C=O) groups is 4. The minimum atomic E-state index is -0.701. The van der Waals surface area contributed by atoms with Crippen LogP contribution in [0.15, 0.2) is 53.1 Å². The largest absolute Gasteiger partial charge is 0.467 e. The molecule has 1 aromatic carbocycles. The fourth-order valence-electron chi connectivity index (χ4n) is 1.95. The summed E-state index contributed by atoms with van der Waals surface area (Å²) in [5.74, 6) is -1.64. The first-order valence-electron chi connectivity index (χ1n) is 8.13. The number of benzene rings is 1. The molecule has 0 aliphatic carbocycles. The maximum atomic E-state index is 11.7. The minimum Gasteiger partial charge on any atom is -0.467 e. The number of nitrogens with one attached hydrogen (secondary N) is 3. The van der Waals surface area contributed by atoms with E-state index in [1.807, 2.05) is 0 Å². The molecule has 0 atom stereocenters. The van der Waals surface area contributed by atoms with Gasteiger partial charge in [0, 0.05) is 12.0 Å². The van der Waals surface area contributed by atoms with Gasteiger partial charge < -0.3 is 14.5 Å². The van der Waals surface area contributed by atoms with Crippen molar-refractivity contribution in [2.75, 3.05) is 6.61 Å². The van der Waals surface area contributed by atoms with E-state index in [0.717, 1.165) is 0 Å². The third-order valence-corrected chi connectivity index (χ3v) is 3.31. The fraction of sp³-hybridized carbons (Fsp3) is 0.222. The van der Waals surface area contributed by atoms with Gasteiger partial charge in [0.25, 0.3) is 11.8 Å². The van der Waals surface area contributed by atoms with Crippen molar-refractivity contribution in [2.45, 2.75) is 19.4 Å². The Morgan fingerprint density at radius 2 is 1.67 bits per heavy atom. The van der Waals surface area contributed by atoms with Crippen LogP contribution < -0.4 is 16.2 Å². The third-order valence-electron chi connectivity index (χ3n) is 3.31. The summed E-state index contributed by atoms with van der Waals surface area (Å²) in [7, 11) is 0. The molecule has 27 heavy (non-hydrogen) atoms. The average molecular weight is 373 g/mol. The maximum Gasteiger partial charge on any atom is 0.306 e. The van der Waals surface area contributed by atoms with Crippen LogP contribution in [0, 0.1) is 0 Å². The van der Waals surface area contributed by atoms with Crippen molar-refractivity contribution in [2.24, 2.45) is 0 Å². The number of hydrogen-bond donors (Lipinski definition) is 3. The van der Waals surface area contributed by atoms with Crippen molar-refractivity contribution in [1.29, 1.82) is 0 Å². The fourth-order valence-corrected chi connectivity index (χ4v) is 1.95. The molecule has 3 N–H and O–H groups in total. The Labute approximate surface area is 155 Å². The molecule has 3 amide bonds. The second-order valence-electron chi connectivity index (χ2n) is 5.39. The number of ether oxygens (including phenoxy) is 1. The van der Waals surface area contributed by atoms with Crippen LogP contribution in [0.2, 0.25) is 0 Å². The molecule has 9 nitrogen and oxygen atoms in total. The Kier molecular flexibility index (Phi) is 7.58. The lowest BCUT2D eigenvalue weighted by Crippen LogP contribution is -2.43. The summed E-state index contributed by atoms with van der Waals surface area (Å²) in [4.78, 5) is 46.5. The summed E-state index contributed by atoms with van der Waals surface area (Å²) in [5.41, 5.74) is 4.70. The van der Waals surface area contributed by atoms with E-state index in [0.29, 0.717) is 11.3 Å². The highest BCUT2D eigenvalue weighted by atomic mass is 16.5. The van der Waals surface area contributed by atoms with Crippen molar-refractivity contribution in [1.82, 2.24) is 16.2 Å². The van der Waals surface area contributed by atoms with Gasteiger partial charge in [-0.05, 0) is 24.3 Å². The lowest BCUT2D eigenvalue weighted by Gasteiger charge is -2.08. The zero-order valence-electron chi connectivity index (χ0n) is 14.4. The summed E-state index contributed by atoms with van der Waals surface area (Å²) in [6.07, 6.45) is 1.24. The maximum absolute atomic E-state index is 11.7. The van der Waals surface area contributed by atoms with E-state index in [1.54, 1.807) is 42.5 Å². The van der Waals surface area contributed by atoms with Gasteiger partial charge in [-0.25, -0.2) is 0 Å². The van der Waals surface area contributed by atoms with Gasteiger partial charge in [-0.1, -0.05) is 18.2 Å². The molecule has 2 aromatic rings. The van der Waals surface area contributed by atoms with Crippen molar-refractivity contribution >= 4 is 23.7 Å². The second-order valence-corrected chi connectivity index (χ2v) is 5.39. The number of hydrazine groups is 1. The first kappa shape index (κ1) is 19.7. The number of rotatable bonds is 8. The van der Waals surface area contributed by atoms with Gasteiger partial charge in [0.2, 0.25) is 5.91 Å². The molecule has 142 valence electrons. The zero-order valence-corrected chi connectivity index (χ0v) is 14.4. The van der Waals surface area contributed by atoms with Crippen LogP contribution >= 0.6 is 0 Å². The molecule has 0 bridgehead atoms. The molecule has 1 aromatic heterocycles. The molecular weight excluding hydrogens is 354 g/mol. The van der Waals surface area contributed by atoms with Gasteiger partial charge in [0.1, 0.15) is 5.76 Å². The van der Waals surface area contributed by atoms with Gasteiger partial charge in [0.05, 0.1) is 19.2 Å². The van der Waals surface area contributed by atoms with Crippen molar-refractivity contribution in [3.05, 3.63) is 60.1 Å². The highest BCUT2D eigenvalue weighted by molar-refractivity contribution is 5.95. The Bertz CT molecular complexity index is 774. The van der Waals surface area contributed by atoms with E-state index in [-0.39, 0.29) is 25.3 Å². The molecule has 9 heteroatoms. The molecule has 0 radical (unpaired) electrons. The van der Waals surface area contributed by atoms with Crippen molar-refractivity contribution in [3.8, 4) is 0 Å². The molecule has 0 aliphatic rings. The Hall–Kier alpha value is -3.62. The van der Waals surface area contributed by atoms with Gasteiger partial charge >= 0.3 is 5.97 Å². The highest BCUT2D eigenvalue weighted by Crippen LogP contribution is 2.00. The normalized spacial score (nSPS) is 9.93. The van der Waals surface area contributed by atoms with Crippen LogP contribution in [-0.2, 0) is 25.7 Å². The summed E-state index contributed by atoms with van der Waals surface area (Å²) in [6.45, 7) is -0.341. The first-order valence-corrected chi connectivity index (χ1v) is 8.13. The standard InChI is InChI=1S/C18H19N3O6/c22-15(19-11-14-7-4-10-26-14)8-9-17(24)27-12-16(23)20-21-18(25)13-5-2-1-3-6-13/h1-7,10H,8-9,11-12H2,(H,19,22)(H,20,23)(H,21,25). The SMILES string of the molecule is O=C(CCC(=O)OCC(=O)NNC(=O)c1ccccc1)NCc1ccco1. The van der Waals surface area contributed by atoms with Crippen LogP contribution in [0.5, 0.6) is 0 Å². The quantitative estimate of drug-likeness (QED) is 0.461. The van der Waals surface area contributed by atoms with Gasteiger partial charge in [-0.2, -0.15) is 0 Å². The highest BCUT2D eigenvalue weighted by Gasteiger charge is 2.12. The predicted octanol–water partition coefficient (Wildman–Crippen LogP) is 0.680. The predicted molar refractivity (Wildman–Crippen MR) is 92.8 cm³/mol. The Balaban J connectivity index is 1.57. The Morgan fingerprint density at radius 1 is 0.889 bits per heavy atom. The topological polar surface area (TPSA) is 127 Å². The molecule has 1 heterocycles. The first-order chi connectivity index (χ1) is 13.0. The van der Waals surface area contributed by atoms with Crippen molar-refractivity contribution in [3.63, 3.8) is 0 Å². The summed E-state index contributed by atoms with van der Waals surface area (Å²) < 4.78 is 9.80. The van der Waals surface area contributed by atoms with Crippen LogP contribution in [0.25, 0.3) is 0 Å². The van der Waals surface area contributed by atoms with Gasteiger partial charge in [-0.15, -0.1) is 0 Å².